The minimum absolute atomic E-state index is 0.516. The fourth-order valence-electron chi connectivity index (χ4n) is 2.25. The zero-order valence-corrected chi connectivity index (χ0v) is 12.1. The maximum Gasteiger partial charge on any atom is 0.229 e. The molecule has 0 aliphatic rings. The van der Waals surface area contributed by atoms with Crippen LogP contribution < -0.4 is 4.72 Å². The molecule has 19 heavy (non-hydrogen) atoms. The molecule has 0 radical (unpaired) electrons. The third kappa shape index (κ3) is 2.17. The van der Waals surface area contributed by atoms with E-state index in [0.29, 0.717) is 16.8 Å². The Balaban J connectivity index is 2.92. The monoisotopic (exact) mass is 277 g/mol. The molecule has 100 valence electrons. The van der Waals surface area contributed by atoms with Crippen LogP contribution in [0.2, 0.25) is 0 Å². The van der Waals surface area contributed by atoms with E-state index in [1.807, 2.05) is 20.8 Å². The highest BCUT2D eigenvalue weighted by atomic mass is 32.2. The number of benzene rings is 1. The molecule has 1 aromatic heterocycles. The first-order valence-electron chi connectivity index (χ1n) is 5.75. The van der Waals surface area contributed by atoms with E-state index < -0.39 is 10.0 Å². The Hall–Kier alpha value is -2.00. The van der Waals surface area contributed by atoms with Crippen LogP contribution in [0.4, 0.5) is 5.69 Å². The number of nitriles is 1. The summed E-state index contributed by atoms with van der Waals surface area (Å²) in [5, 5.41) is 9.90. The van der Waals surface area contributed by atoms with Gasteiger partial charge in [-0.05, 0) is 37.5 Å². The summed E-state index contributed by atoms with van der Waals surface area (Å²) in [6.45, 7) is 5.72. The molecular weight excluding hydrogens is 262 g/mol. The van der Waals surface area contributed by atoms with Crippen molar-refractivity contribution in [3.8, 4) is 6.07 Å². The first-order chi connectivity index (χ1) is 8.76. The van der Waals surface area contributed by atoms with Crippen LogP contribution in [0.1, 0.15) is 22.3 Å². The second kappa shape index (κ2) is 4.28. The van der Waals surface area contributed by atoms with Gasteiger partial charge in [-0.3, -0.25) is 4.72 Å². The SMILES string of the molecule is Cc1c(C)c(C)c2c(C#N)c[nH]c2c1NS(C)(=O)=O. The van der Waals surface area contributed by atoms with Gasteiger partial charge in [-0.25, -0.2) is 8.42 Å². The molecule has 0 unspecified atom stereocenters. The lowest BCUT2D eigenvalue weighted by Crippen LogP contribution is -2.12. The summed E-state index contributed by atoms with van der Waals surface area (Å²) in [5.41, 5.74) is 4.53. The lowest BCUT2D eigenvalue weighted by molar-refractivity contribution is 0.607. The summed E-state index contributed by atoms with van der Waals surface area (Å²) in [6.07, 6.45) is 2.71. The topological polar surface area (TPSA) is 85.8 Å². The van der Waals surface area contributed by atoms with E-state index in [1.165, 1.54) is 0 Å². The Bertz CT molecular complexity index is 811. The Morgan fingerprint density at radius 3 is 2.37 bits per heavy atom. The van der Waals surface area contributed by atoms with E-state index >= 15 is 0 Å². The standard InChI is InChI=1S/C13H15N3O2S/c1-7-8(2)11-10(5-14)6-15-13(11)12(9(7)3)16-19(4,17)18/h6,15-16H,1-4H3. The fraction of sp³-hybridized carbons (Fsp3) is 0.308. The molecule has 2 N–H and O–H groups in total. The second-order valence-corrected chi connectivity index (χ2v) is 6.44. The molecule has 1 heterocycles. The third-order valence-corrected chi connectivity index (χ3v) is 3.99. The number of aromatic nitrogens is 1. The van der Waals surface area contributed by atoms with Gasteiger partial charge in [0.25, 0.3) is 0 Å². The lowest BCUT2D eigenvalue weighted by Gasteiger charge is -2.14. The van der Waals surface area contributed by atoms with Gasteiger partial charge in [-0.1, -0.05) is 0 Å². The number of aryl methyl sites for hydroxylation is 1. The molecule has 0 fully saturated rings. The molecule has 2 aromatic rings. The Morgan fingerprint density at radius 1 is 1.21 bits per heavy atom. The predicted octanol–water partition coefficient (Wildman–Crippen LogP) is 2.34. The summed E-state index contributed by atoms with van der Waals surface area (Å²) in [7, 11) is -3.37. The Morgan fingerprint density at radius 2 is 1.84 bits per heavy atom. The van der Waals surface area contributed by atoms with Crippen LogP contribution in [0.3, 0.4) is 0 Å². The summed E-state index contributed by atoms with van der Waals surface area (Å²) >= 11 is 0. The molecule has 0 aliphatic carbocycles. The highest BCUT2D eigenvalue weighted by molar-refractivity contribution is 7.92. The number of hydrogen-bond acceptors (Lipinski definition) is 3. The van der Waals surface area contributed by atoms with Gasteiger partial charge in [0.2, 0.25) is 10.0 Å². The van der Waals surface area contributed by atoms with Crippen LogP contribution in [-0.4, -0.2) is 19.7 Å². The van der Waals surface area contributed by atoms with E-state index in [1.54, 1.807) is 6.20 Å². The zero-order valence-electron chi connectivity index (χ0n) is 11.2. The summed E-state index contributed by atoms with van der Waals surface area (Å²) in [6, 6.07) is 2.12. The van der Waals surface area contributed by atoms with Crippen molar-refractivity contribution >= 4 is 26.6 Å². The van der Waals surface area contributed by atoms with Crippen molar-refractivity contribution in [3.05, 3.63) is 28.5 Å². The van der Waals surface area contributed by atoms with Crippen molar-refractivity contribution in [1.82, 2.24) is 4.98 Å². The lowest BCUT2D eigenvalue weighted by atomic mass is 9.97. The molecule has 0 bridgehead atoms. The number of sulfonamides is 1. The summed E-state index contributed by atoms with van der Waals surface area (Å²) in [4.78, 5) is 2.99. The van der Waals surface area contributed by atoms with Crippen molar-refractivity contribution < 1.29 is 8.42 Å². The summed E-state index contributed by atoms with van der Waals surface area (Å²) < 4.78 is 25.5. The van der Waals surface area contributed by atoms with Crippen molar-refractivity contribution in [3.63, 3.8) is 0 Å². The number of rotatable bonds is 2. The molecule has 5 nitrogen and oxygen atoms in total. The van der Waals surface area contributed by atoms with Crippen LogP contribution in [-0.2, 0) is 10.0 Å². The molecule has 0 saturated heterocycles. The number of H-pyrrole nitrogens is 1. The summed E-state index contributed by atoms with van der Waals surface area (Å²) in [5.74, 6) is 0. The largest absolute Gasteiger partial charge is 0.358 e. The van der Waals surface area contributed by atoms with E-state index in [0.717, 1.165) is 28.3 Å². The van der Waals surface area contributed by atoms with Gasteiger partial charge < -0.3 is 4.98 Å². The molecule has 1 aromatic carbocycles. The first-order valence-corrected chi connectivity index (χ1v) is 7.64. The van der Waals surface area contributed by atoms with Gasteiger partial charge in [0.05, 0.1) is 23.0 Å². The predicted molar refractivity (Wildman–Crippen MR) is 75.7 cm³/mol. The van der Waals surface area contributed by atoms with E-state index in [-0.39, 0.29) is 0 Å². The van der Waals surface area contributed by atoms with Crippen LogP contribution in [0.25, 0.3) is 10.9 Å². The van der Waals surface area contributed by atoms with Crippen molar-refractivity contribution in [2.24, 2.45) is 0 Å². The van der Waals surface area contributed by atoms with Gasteiger partial charge in [-0.15, -0.1) is 0 Å². The van der Waals surface area contributed by atoms with E-state index in [4.69, 9.17) is 5.26 Å². The maximum atomic E-state index is 11.5. The molecule has 0 atom stereocenters. The molecule has 0 spiro atoms. The number of nitrogens with zero attached hydrogens (tertiary/aromatic N) is 1. The average Bonchev–Trinajstić information content (AvgIpc) is 2.74. The maximum absolute atomic E-state index is 11.5. The molecule has 0 saturated carbocycles. The van der Waals surface area contributed by atoms with Crippen LogP contribution >= 0.6 is 0 Å². The van der Waals surface area contributed by atoms with E-state index in [2.05, 4.69) is 15.8 Å². The average molecular weight is 277 g/mol. The highest BCUT2D eigenvalue weighted by Gasteiger charge is 2.18. The molecular formula is C13H15N3O2S. The second-order valence-electron chi connectivity index (χ2n) is 4.69. The number of fused-ring (bicyclic) bond motifs is 1. The van der Waals surface area contributed by atoms with Crippen LogP contribution in [0, 0.1) is 32.1 Å². The van der Waals surface area contributed by atoms with Crippen LogP contribution in [0.15, 0.2) is 6.20 Å². The fourth-order valence-corrected chi connectivity index (χ4v) is 2.88. The molecule has 0 aliphatic heterocycles. The first kappa shape index (κ1) is 13.4. The Labute approximate surface area is 112 Å². The highest BCUT2D eigenvalue weighted by Crippen LogP contribution is 2.35. The number of aromatic amines is 1. The molecule has 0 amide bonds. The number of anilines is 1. The minimum Gasteiger partial charge on any atom is -0.358 e. The van der Waals surface area contributed by atoms with Gasteiger partial charge in [-0.2, -0.15) is 5.26 Å². The normalized spacial score (nSPS) is 11.5. The van der Waals surface area contributed by atoms with Gasteiger partial charge in [0, 0.05) is 11.6 Å². The van der Waals surface area contributed by atoms with Gasteiger partial charge >= 0.3 is 0 Å². The zero-order chi connectivity index (χ0) is 14.4. The van der Waals surface area contributed by atoms with E-state index in [9.17, 15) is 8.42 Å². The minimum atomic E-state index is -3.37. The quantitative estimate of drug-likeness (QED) is 0.883. The van der Waals surface area contributed by atoms with Crippen molar-refractivity contribution in [2.45, 2.75) is 20.8 Å². The third-order valence-electron chi connectivity index (χ3n) is 3.41. The smallest absolute Gasteiger partial charge is 0.229 e. The van der Waals surface area contributed by atoms with Crippen LogP contribution in [0.5, 0.6) is 0 Å². The number of hydrogen-bond donors (Lipinski definition) is 2. The van der Waals surface area contributed by atoms with Crippen molar-refractivity contribution in [2.75, 3.05) is 11.0 Å². The number of nitrogens with one attached hydrogen (secondary N) is 2. The van der Waals surface area contributed by atoms with Gasteiger partial charge in [0.15, 0.2) is 0 Å². The van der Waals surface area contributed by atoms with Gasteiger partial charge in [0.1, 0.15) is 6.07 Å². The molecule has 6 heteroatoms. The Kier molecular flexibility index (Phi) is 3.03. The molecule has 2 rings (SSSR count). The van der Waals surface area contributed by atoms with Crippen molar-refractivity contribution in [1.29, 1.82) is 5.26 Å².